The zero-order valence-corrected chi connectivity index (χ0v) is 11.1. The van der Waals surface area contributed by atoms with E-state index >= 15 is 0 Å². The molecule has 16 heavy (non-hydrogen) atoms. The maximum Gasteiger partial charge on any atom is 0.306 e. The molecule has 0 fully saturated rings. The van der Waals surface area contributed by atoms with Crippen molar-refractivity contribution in [2.24, 2.45) is 0 Å². The van der Waals surface area contributed by atoms with E-state index < -0.39 is 10.8 Å². The lowest BCUT2D eigenvalue weighted by Crippen LogP contribution is -2.34. The molecule has 4 heteroatoms. The van der Waals surface area contributed by atoms with Crippen molar-refractivity contribution in [3.05, 3.63) is 0 Å². The second kappa shape index (κ2) is 7.66. The van der Waals surface area contributed by atoms with Gasteiger partial charge in [-0.15, -0.1) is 0 Å². The molecule has 0 heterocycles. The van der Waals surface area contributed by atoms with E-state index in [4.69, 9.17) is 16.3 Å². The minimum absolute atomic E-state index is 0.351. The summed E-state index contributed by atoms with van der Waals surface area (Å²) in [4.78, 5) is 22.3. The smallest absolute Gasteiger partial charge is 0.306 e. The minimum atomic E-state index is -1.21. The fourth-order valence-corrected chi connectivity index (χ4v) is 1.29. The van der Waals surface area contributed by atoms with Gasteiger partial charge in [-0.1, -0.05) is 32.6 Å². The number of hydrogen-bond acceptors (Lipinski definition) is 3. The lowest BCUT2D eigenvalue weighted by atomic mass is 10.1. The molecule has 0 bridgehead atoms. The van der Waals surface area contributed by atoms with Crippen LogP contribution in [-0.2, 0) is 14.3 Å². The van der Waals surface area contributed by atoms with Gasteiger partial charge >= 0.3 is 5.97 Å². The highest BCUT2D eigenvalue weighted by Crippen LogP contribution is 2.15. The van der Waals surface area contributed by atoms with Gasteiger partial charge in [-0.25, -0.2) is 0 Å². The van der Waals surface area contributed by atoms with E-state index in [1.54, 1.807) is 0 Å². The molecule has 0 saturated carbocycles. The van der Waals surface area contributed by atoms with E-state index in [9.17, 15) is 9.59 Å². The normalized spacial score (nSPS) is 11.2. The van der Waals surface area contributed by atoms with Gasteiger partial charge in [0.2, 0.25) is 0 Å². The second-order valence-corrected chi connectivity index (χ2v) is 4.77. The summed E-state index contributed by atoms with van der Waals surface area (Å²) < 4.78 is 4.99. The lowest BCUT2D eigenvalue weighted by molar-refractivity contribution is -0.161. The van der Waals surface area contributed by atoms with E-state index in [2.05, 4.69) is 6.92 Å². The van der Waals surface area contributed by atoms with Crippen LogP contribution in [-0.4, -0.2) is 16.8 Å². The van der Waals surface area contributed by atoms with Crippen LogP contribution >= 0.6 is 11.6 Å². The van der Waals surface area contributed by atoms with Crippen LogP contribution in [0.25, 0.3) is 0 Å². The molecule has 0 spiro atoms. The van der Waals surface area contributed by atoms with E-state index in [1.807, 2.05) is 0 Å². The molecule has 0 radical (unpaired) electrons. The molecule has 0 aliphatic carbocycles. The van der Waals surface area contributed by atoms with Gasteiger partial charge in [0.1, 0.15) is 0 Å². The van der Waals surface area contributed by atoms with Crippen LogP contribution in [0.4, 0.5) is 0 Å². The first-order valence-corrected chi connectivity index (χ1v) is 6.19. The summed E-state index contributed by atoms with van der Waals surface area (Å²) >= 11 is 5.30. The van der Waals surface area contributed by atoms with Crippen LogP contribution in [0.5, 0.6) is 0 Å². The summed E-state index contributed by atoms with van der Waals surface area (Å²) in [7, 11) is 0. The molecule has 0 aliphatic heterocycles. The van der Waals surface area contributed by atoms with Crippen molar-refractivity contribution in [2.75, 3.05) is 0 Å². The van der Waals surface area contributed by atoms with Crippen molar-refractivity contribution in [3.8, 4) is 0 Å². The highest BCUT2D eigenvalue weighted by Gasteiger charge is 2.29. The summed E-state index contributed by atoms with van der Waals surface area (Å²) in [5.41, 5.74) is -1.21. The van der Waals surface area contributed by atoms with E-state index in [1.165, 1.54) is 26.7 Å². The molecule has 0 unspecified atom stereocenters. The Labute approximate surface area is 102 Å². The zero-order chi connectivity index (χ0) is 12.6. The molecule has 0 atom stereocenters. The van der Waals surface area contributed by atoms with E-state index in [0.717, 1.165) is 19.3 Å². The summed E-state index contributed by atoms with van der Waals surface area (Å²) in [5, 5.41) is -0.646. The first-order valence-electron chi connectivity index (χ1n) is 5.82. The van der Waals surface area contributed by atoms with Gasteiger partial charge in [-0.3, -0.25) is 9.59 Å². The van der Waals surface area contributed by atoms with E-state index in [0.29, 0.717) is 6.42 Å². The zero-order valence-electron chi connectivity index (χ0n) is 10.3. The van der Waals surface area contributed by atoms with Gasteiger partial charge in [-0.05, 0) is 31.9 Å². The SMILES string of the molecule is CCCCCCCC(=O)OC(C)(C)C(=O)Cl. The highest BCUT2D eigenvalue weighted by molar-refractivity contribution is 6.65. The Morgan fingerprint density at radius 1 is 1.12 bits per heavy atom. The Balaban J connectivity index is 3.71. The van der Waals surface area contributed by atoms with Gasteiger partial charge in [0.25, 0.3) is 5.24 Å². The first-order chi connectivity index (χ1) is 7.40. The van der Waals surface area contributed by atoms with Gasteiger partial charge in [-0.2, -0.15) is 0 Å². The molecule has 0 aromatic heterocycles. The average Bonchev–Trinajstić information content (AvgIpc) is 2.16. The molecule has 0 amide bonds. The number of hydrogen-bond donors (Lipinski definition) is 0. The Morgan fingerprint density at radius 3 is 2.19 bits per heavy atom. The Morgan fingerprint density at radius 2 is 1.69 bits per heavy atom. The second-order valence-electron chi connectivity index (χ2n) is 4.42. The van der Waals surface area contributed by atoms with Crippen molar-refractivity contribution >= 4 is 22.8 Å². The topological polar surface area (TPSA) is 43.4 Å². The maximum absolute atomic E-state index is 11.4. The molecular formula is C12H21ClO3. The third kappa shape index (κ3) is 6.83. The van der Waals surface area contributed by atoms with Crippen LogP contribution in [0.2, 0.25) is 0 Å². The summed E-state index contributed by atoms with van der Waals surface area (Å²) in [6.07, 6.45) is 5.71. The predicted molar refractivity (Wildman–Crippen MR) is 64.4 cm³/mol. The minimum Gasteiger partial charge on any atom is -0.450 e. The molecule has 0 aliphatic rings. The standard InChI is InChI=1S/C12H21ClO3/c1-4-5-6-7-8-9-10(14)16-12(2,3)11(13)15/h4-9H2,1-3H3. The maximum atomic E-state index is 11.4. The predicted octanol–water partition coefficient (Wildman–Crippen LogP) is 3.43. The van der Waals surface area contributed by atoms with E-state index in [-0.39, 0.29) is 5.97 Å². The number of unbranched alkanes of at least 4 members (excludes halogenated alkanes) is 4. The molecule has 94 valence electrons. The Hall–Kier alpha value is -0.570. The van der Waals surface area contributed by atoms with Crippen LogP contribution in [0.15, 0.2) is 0 Å². The number of halogens is 1. The highest BCUT2D eigenvalue weighted by atomic mass is 35.5. The molecule has 0 saturated heterocycles. The number of carbonyl (C=O) groups excluding carboxylic acids is 2. The first kappa shape index (κ1) is 15.4. The number of ether oxygens (including phenoxy) is 1. The van der Waals surface area contributed by atoms with Gasteiger partial charge < -0.3 is 4.74 Å². The molecule has 0 aromatic carbocycles. The van der Waals surface area contributed by atoms with Gasteiger partial charge in [0, 0.05) is 6.42 Å². The summed E-state index contributed by atoms with van der Waals surface area (Å²) in [5.74, 6) is -0.351. The molecule has 0 aromatic rings. The number of esters is 1. The van der Waals surface area contributed by atoms with Crippen molar-refractivity contribution in [1.29, 1.82) is 0 Å². The molecule has 0 rings (SSSR count). The fourth-order valence-electron chi connectivity index (χ4n) is 1.25. The van der Waals surface area contributed by atoms with Gasteiger partial charge in [0.05, 0.1) is 0 Å². The van der Waals surface area contributed by atoms with Crippen LogP contribution in [0.3, 0.4) is 0 Å². The summed E-state index contributed by atoms with van der Waals surface area (Å²) in [6.45, 7) is 5.14. The van der Waals surface area contributed by atoms with Crippen molar-refractivity contribution in [3.63, 3.8) is 0 Å². The van der Waals surface area contributed by atoms with Crippen molar-refractivity contribution < 1.29 is 14.3 Å². The van der Waals surface area contributed by atoms with Crippen molar-refractivity contribution in [2.45, 2.75) is 64.9 Å². The van der Waals surface area contributed by atoms with Gasteiger partial charge in [0.15, 0.2) is 5.60 Å². The molecule has 0 N–H and O–H groups in total. The number of carbonyl (C=O) groups is 2. The fraction of sp³-hybridized carbons (Fsp3) is 0.833. The van der Waals surface area contributed by atoms with Crippen LogP contribution < -0.4 is 0 Å². The third-order valence-corrected chi connectivity index (χ3v) is 2.78. The summed E-state index contributed by atoms with van der Waals surface area (Å²) in [6, 6.07) is 0. The monoisotopic (exact) mass is 248 g/mol. The van der Waals surface area contributed by atoms with Crippen LogP contribution in [0.1, 0.15) is 59.3 Å². The largest absolute Gasteiger partial charge is 0.450 e. The number of rotatable bonds is 8. The third-order valence-electron chi connectivity index (χ3n) is 2.33. The lowest BCUT2D eigenvalue weighted by Gasteiger charge is -2.20. The average molecular weight is 249 g/mol. The van der Waals surface area contributed by atoms with Crippen LogP contribution in [0, 0.1) is 0 Å². The van der Waals surface area contributed by atoms with Crippen molar-refractivity contribution in [1.82, 2.24) is 0 Å². The molecular weight excluding hydrogens is 228 g/mol. The Bertz CT molecular complexity index is 236. The Kier molecular flexibility index (Phi) is 7.39. The quantitative estimate of drug-likeness (QED) is 0.376. The molecule has 3 nitrogen and oxygen atoms in total.